The molecular weight excluding hydrogens is 911 g/mol. The first-order valence-corrected chi connectivity index (χ1v) is 26.1. The van der Waals surface area contributed by atoms with Crippen LogP contribution in [0.5, 0.6) is 11.5 Å². The van der Waals surface area contributed by atoms with Gasteiger partial charge in [0.25, 0.3) is 5.91 Å². The number of benzene rings is 4. The Morgan fingerprint density at radius 2 is 1.36 bits per heavy atom. The Morgan fingerprint density at radius 1 is 0.771 bits per heavy atom. The fourth-order valence-corrected chi connectivity index (χ4v) is 9.26. The van der Waals surface area contributed by atoms with E-state index in [1.807, 2.05) is 127 Å². The average Bonchev–Trinajstić information content (AvgIpc) is 3.92. The molecule has 0 unspecified atom stereocenters. The minimum Gasteiger partial charge on any atom is -0.497 e. The number of aryl methyl sites for hydroxylation is 1. The number of nitrogens with zero attached hydrogens (tertiary/aromatic N) is 4. The zero-order chi connectivity index (χ0) is 50.1. The summed E-state index contributed by atoms with van der Waals surface area (Å²) < 4.78 is 49.4. The number of rotatable bonds is 20. The lowest BCUT2D eigenvalue weighted by Gasteiger charge is -2.40. The van der Waals surface area contributed by atoms with Crippen molar-refractivity contribution in [1.82, 2.24) is 14.1 Å². The summed E-state index contributed by atoms with van der Waals surface area (Å²) in [4.78, 5) is 58.6. The van der Waals surface area contributed by atoms with E-state index in [1.165, 1.54) is 16.8 Å². The Morgan fingerprint density at radius 3 is 1.91 bits per heavy atom. The van der Waals surface area contributed by atoms with Gasteiger partial charge in [0.15, 0.2) is 20.6 Å². The van der Waals surface area contributed by atoms with Crippen LogP contribution < -0.4 is 25.0 Å². The molecule has 1 saturated heterocycles. The van der Waals surface area contributed by atoms with Crippen LogP contribution in [0.4, 0.5) is 5.82 Å². The molecule has 1 fully saturated rings. The van der Waals surface area contributed by atoms with Crippen molar-refractivity contribution >= 4 is 32.0 Å². The molecule has 0 saturated carbocycles. The Kier molecular flexibility index (Phi) is 16.2. The van der Waals surface area contributed by atoms with Crippen molar-refractivity contribution in [2.45, 2.75) is 88.4 Å². The highest BCUT2D eigenvalue weighted by atomic mass is 28.4. The number of methoxy groups -OCH3 is 2. The van der Waals surface area contributed by atoms with Crippen LogP contribution in [-0.4, -0.2) is 86.0 Å². The Balaban J connectivity index is 1.27. The molecule has 1 amide bonds. The first-order valence-electron chi connectivity index (χ1n) is 23.1. The first-order chi connectivity index (χ1) is 33.5. The first kappa shape index (κ1) is 50.9. The second-order valence-electron chi connectivity index (χ2n) is 18.5. The Labute approximate surface area is 409 Å². The quantitative estimate of drug-likeness (QED) is 0.0349. The predicted molar refractivity (Wildman–Crippen MR) is 263 cm³/mol. The van der Waals surface area contributed by atoms with Crippen molar-refractivity contribution in [3.05, 3.63) is 173 Å². The maximum absolute atomic E-state index is 14.2. The van der Waals surface area contributed by atoms with Crippen LogP contribution in [0.3, 0.4) is 0 Å². The molecule has 0 aliphatic carbocycles. The van der Waals surface area contributed by atoms with E-state index in [0.717, 1.165) is 16.7 Å². The predicted octanol–water partition coefficient (Wildman–Crippen LogP) is 7.37. The molecule has 1 N–H and O–H groups in total. The minimum atomic E-state index is -2.77. The second-order valence-corrected chi connectivity index (χ2v) is 23.3. The van der Waals surface area contributed by atoms with Gasteiger partial charge in [0.1, 0.15) is 60.7 Å². The van der Waals surface area contributed by atoms with Gasteiger partial charge < -0.3 is 38.2 Å². The lowest BCUT2D eigenvalue weighted by Crippen LogP contribution is -2.51. The van der Waals surface area contributed by atoms with E-state index in [4.69, 9.17) is 32.8 Å². The van der Waals surface area contributed by atoms with Crippen molar-refractivity contribution in [3.8, 4) is 11.5 Å². The van der Waals surface area contributed by atoms with Crippen LogP contribution in [0.1, 0.15) is 66.9 Å². The highest BCUT2D eigenvalue weighted by molar-refractivity contribution is 6.74. The molecule has 16 nitrogen and oxygen atoms in total. The van der Waals surface area contributed by atoms with Gasteiger partial charge >= 0.3 is 17.6 Å². The van der Waals surface area contributed by atoms with Gasteiger partial charge in [0, 0.05) is 11.8 Å². The van der Waals surface area contributed by atoms with Crippen LogP contribution in [0.2, 0.25) is 18.1 Å². The largest absolute Gasteiger partial charge is 0.497 e. The molecule has 17 heteroatoms. The summed E-state index contributed by atoms with van der Waals surface area (Å²) in [5.41, 5.74) is 0.611. The maximum atomic E-state index is 14.2. The summed E-state index contributed by atoms with van der Waals surface area (Å²) in [6, 6.07) is 34.9. The fraction of sp³-hybridized carbons (Fsp3) is 0.358. The molecular formula is C53H62N5O11Si+. The van der Waals surface area contributed by atoms with Gasteiger partial charge in [-0.2, -0.15) is 4.98 Å². The number of esters is 2. The van der Waals surface area contributed by atoms with Gasteiger partial charge in [-0.3, -0.25) is 19.0 Å². The molecule has 4 atom stereocenters. The maximum Gasteiger partial charge on any atom is 0.351 e. The highest BCUT2D eigenvalue weighted by Gasteiger charge is 2.54. The number of imidazole rings is 1. The molecule has 3 heterocycles. The summed E-state index contributed by atoms with van der Waals surface area (Å²) in [6.45, 7) is 10.7. The minimum absolute atomic E-state index is 0.0266. The number of amides is 1. The third kappa shape index (κ3) is 11.9. The van der Waals surface area contributed by atoms with Gasteiger partial charge in [-0.15, -0.1) is 0 Å². The number of anilines is 1. The van der Waals surface area contributed by atoms with Crippen molar-refractivity contribution in [3.63, 3.8) is 0 Å². The molecule has 1 aliphatic rings. The molecule has 4 aromatic carbocycles. The summed E-state index contributed by atoms with van der Waals surface area (Å²) in [6.07, 6.45) is 2.01. The molecule has 1 aliphatic heterocycles. The zero-order valence-electron chi connectivity index (χ0n) is 40.9. The van der Waals surface area contributed by atoms with Gasteiger partial charge in [0.2, 0.25) is 6.33 Å². The SMILES string of the molecule is COc1ccc(C(OC[C@H]2O[C@@H](n3ccc(NC(=O)c4ccccc4)nc3=O)[C@H](O[Si](C)(C)C(C)(C)C)[C@@H]2OC(=O)CCC(=O)OCCn2cc[n+](C)c2)(c2ccccc2)c2ccc(OC)cc2)cc1. The van der Waals surface area contributed by atoms with E-state index in [0.29, 0.717) is 23.6 Å². The van der Waals surface area contributed by atoms with E-state index in [1.54, 1.807) is 44.6 Å². The molecule has 2 aromatic heterocycles. The van der Waals surface area contributed by atoms with E-state index >= 15 is 0 Å². The number of aromatic nitrogens is 4. The highest BCUT2D eigenvalue weighted by Crippen LogP contribution is 2.45. The van der Waals surface area contributed by atoms with Gasteiger partial charge in [-0.1, -0.05) is 93.6 Å². The molecule has 0 radical (unpaired) electrons. The van der Waals surface area contributed by atoms with Crippen molar-refractivity contribution in [2.75, 3.05) is 32.8 Å². The third-order valence-corrected chi connectivity index (χ3v) is 17.3. The number of carbonyl (C=O) groups is 3. The third-order valence-electron chi connectivity index (χ3n) is 12.8. The van der Waals surface area contributed by atoms with Crippen molar-refractivity contribution < 1.29 is 51.8 Å². The zero-order valence-corrected chi connectivity index (χ0v) is 41.9. The number of hydrogen-bond acceptors (Lipinski definition) is 12. The smallest absolute Gasteiger partial charge is 0.351 e. The molecule has 0 spiro atoms. The van der Waals surface area contributed by atoms with Gasteiger partial charge in [-0.05, 0) is 77.3 Å². The van der Waals surface area contributed by atoms with E-state index in [-0.39, 0.29) is 36.9 Å². The fourth-order valence-electron chi connectivity index (χ4n) is 7.97. The van der Waals surface area contributed by atoms with Crippen LogP contribution in [-0.2, 0) is 52.2 Å². The van der Waals surface area contributed by atoms with Crippen molar-refractivity contribution in [1.29, 1.82) is 0 Å². The Bertz CT molecular complexity index is 2710. The summed E-state index contributed by atoms with van der Waals surface area (Å²) in [7, 11) is 2.31. The number of hydrogen-bond donors (Lipinski definition) is 1. The molecule has 368 valence electrons. The average molecular weight is 973 g/mol. The summed E-state index contributed by atoms with van der Waals surface area (Å²) in [5, 5.41) is 2.35. The lowest BCUT2D eigenvalue weighted by molar-refractivity contribution is -0.671. The summed E-state index contributed by atoms with van der Waals surface area (Å²) >= 11 is 0. The molecule has 70 heavy (non-hydrogen) atoms. The topological polar surface area (TPSA) is 172 Å². The van der Waals surface area contributed by atoms with Crippen molar-refractivity contribution in [2.24, 2.45) is 7.05 Å². The molecule has 0 bridgehead atoms. The van der Waals surface area contributed by atoms with Gasteiger partial charge in [0.05, 0.1) is 40.7 Å². The molecule has 7 rings (SSSR count). The number of ether oxygens (including phenoxy) is 6. The number of nitrogens with one attached hydrogen (secondary N) is 1. The normalized spacial score (nSPS) is 17.1. The van der Waals surface area contributed by atoms with E-state index < -0.39 is 62.0 Å². The van der Waals surface area contributed by atoms with Crippen LogP contribution in [0.25, 0.3) is 0 Å². The number of carbonyl (C=O) groups excluding carboxylic acids is 3. The van der Waals surface area contributed by atoms with Crippen LogP contribution in [0, 0.1) is 0 Å². The van der Waals surface area contributed by atoms with Crippen LogP contribution in [0.15, 0.2) is 145 Å². The van der Waals surface area contributed by atoms with E-state index in [9.17, 15) is 19.2 Å². The van der Waals surface area contributed by atoms with Gasteiger partial charge in [-0.25, -0.2) is 13.9 Å². The summed E-state index contributed by atoms with van der Waals surface area (Å²) in [5.74, 6) is -0.403. The standard InChI is InChI=1S/C53H61N5O11Si/c1-52(2,3)70(7,8)69-48-47(68-46(60)28-27-45(59)65-34-33-57-32-31-56(4)36-57)43(67-50(48)58-30-29-44(55-51(58)62)54-49(61)37-15-11-9-12-16-37)35-66-53(38-17-13-10-14-18-38,39-19-23-41(63-5)24-20-39)40-21-25-42(64-6)26-22-40/h9-26,29-32,36,43,47-48,50H,27-28,33-35H2,1-8H3/p+1/t43-,47-,48-,50-/m1/s1. The van der Waals surface area contributed by atoms with E-state index in [2.05, 4.69) is 31.1 Å². The monoisotopic (exact) mass is 972 g/mol. The van der Waals surface area contributed by atoms with Crippen LogP contribution >= 0.6 is 0 Å². The molecule has 6 aromatic rings. The second kappa shape index (κ2) is 22.2. The lowest BCUT2D eigenvalue weighted by atomic mass is 9.80. The Hall–Kier alpha value is -6.92.